The first-order valence-electron chi connectivity index (χ1n) is 10.3. The monoisotopic (exact) mass is 406 g/mol. The molecule has 3 heteroatoms. The van der Waals surface area contributed by atoms with Gasteiger partial charge in [0, 0.05) is 0 Å². The van der Waals surface area contributed by atoms with Gasteiger partial charge in [-0.2, -0.15) is 0 Å². The van der Waals surface area contributed by atoms with E-state index in [1.807, 2.05) is 26.0 Å². The van der Waals surface area contributed by atoms with Gasteiger partial charge < -0.3 is 14.2 Å². The van der Waals surface area contributed by atoms with Crippen molar-refractivity contribution < 1.29 is 14.2 Å². The first kappa shape index (κ1) is 23.3. The van der Waals surface area contributed by atoms with E-state index in [1.165, 1.54) is 11.1 Å². The molecule has 0 spiro atoms. The van der Waals surface area contributed by atoms with Crippen LogP contribution in [0, 0.1) is 0 Å². The molecule has 0 aliphatic heterocycles. The fourth-order valence-electron chi connectivity index (χ4n) is 3.65. The van der Waals surface area contributed by atoms with Crippen LogP contribution in [-0.4, -0.2) is 21.3 Å². The molecule has 2 aromatic carbocycles. The van der Waals surface area contributed by atoms with Gasteiger partial charge in [0.25, 0.3) is 0 Å². The summed E-state index contributed by atoms with van der Waals surface area (Å²) in [7, 11) is 5.04. The molecule has 0 aliphatic carbocycles. The number of benzene rings is 2. The van der Waals surface area contributed by atoms with E-state index in [0.717, 1.165) is 46.4 Å². The Morgan fingerprint density at radius 3 is 2.00 bits per heavy atom. The Hall–Kier alpha value is -2.94. The predicted octanol–water partition coefficient (Wildman–Crippen LogP) is 7.29. The van der Waals surface area contributed by atoms with Crippen LogP contribution < -0.4 is 14.2 Å². The molecule has 3 nitrogen and oxygen atoms in total. The molecule has 30 heavy (non-hydrogen) atoms. The maximum atomic E-state index is 5.65. The summed E-state index contributed by atoms with van der Waals surface area (Å²) in [6, 6.07) is 8.39. The molecule has 0 heterocycles. The number of allylic oxidation sites excluding steroid dienone is 3. The number of aryl methyl sites for hydroxylation is 1. The van der Waals surface area contributed by atoms with Gasteiger partial charge in [0.1, 0.15) is 5.75 Å². The summed E-state index contributed by atoms with van der Waals surface area (Å²) in [5.41, 5.74) is 7.80. The highest BCUT2D eigenvalue weighted by Crippen LogP contribution is 2.36. The van der Waals surface area contributed by atoms with Crippen molar-refractivity contribution in [1.29, 1.82) is 0 Å². The van der Waals surface area contributed by atoms with Gasteiger partial charge in [-0.05, 0) is 84.8 Å². The minimum atomic E-state index is 0.703. The average Bonchev–Trinajstić information content (AvgIpc) is 2.74. The molecule has 0 fully saturated rings. The van der Waals surface area contributed by atoms with Gasteiger partial charge in [-0.1, -0.05) is 43.7 Å². The minimum Gasteiger partial charge on any atom is -0.496 e. The largest absolute Gasteiger partial charge is 0.496 e. The molecule has 2 rings (SSSR count). The maximum absolute atomic E-state index is 5.65. The third-order valence-corrected chi connectivity index (χ3v) is 5.13. The number of rotatable bonds is 9. The molecule has 0 saturated heterocycles. The van der Waals surface area contributed by atoms with E-state index < -0.39 is 0 Å². The van der Waals surface area contributed by atoms with Crippen LogP contribution in [0.1, 0.15) is 61.9 Å². The van der Waals surface area contributed by atoms with E-state index in [0.29, 0.717) is 11.5 Å². The standard InChI is InChI=1S/C27H34O3/c1-9-11-20-15-25(28-6)21(12-10-2)14-24(20)19(5)13-22-16-26(29-7)27(30-8)17-23(22)18(3)4/h9,11,13-17H,3,10,12H2,1-2,4-8H3/b11-9-,19-13+. The van der Waals surface area contributed by atoms with Crippen molar-refractivity contribution in [2.45, 2.75) is 40.5 Å². The molecule has 0 aromatic heterocycles. The molecular weight excluding hydrogens is 372 g/mol. The van der Waals surface area contributed by atoms with Crippen LogP contribution in [-0.2, 0) is 6.42 Å². The summed E-state index contributed by atoms with van der Waals surface area (Å²) < 4.78 is 16.7. The summed E-state index contributed by atoms with van der Waals surface area (Å²) in [5.74, 6) is 2.35. The number of ether oxygens (including phenoxy) is 3. The van der Waals surface area contributed by atoms with E-state index in [4.69, 9.17) is 14.2 Å². The van der Waals surface area contributed by atoms with Crippen LogP contribution in [0.4, 0.5) is 0 Å². The Balaban J connectivity index is 2.71. The highest BCUT2D eigenvalue weighted by Gasteiger charge is 2.13. The molecule has 0 unspecified atom stereocenters. The second-order valence-electron chi connectivity index (χ2n) is 7.40. The maximum Gasteiger partial charge on any atom is 0.161 e. The van der Waals surface area contributed by atoms with Gasteiger partial charge in [-0.25, -0.2) is 0 Å². The molecular formula is C27H34O3. The van der Waals surface area contributed by atoms with Crippen LogP contribution in [0.3, 0.4) is 0 Å². The Labute approximate surface area is 181 Å². The van der Waals surface area contributed by atoms with Crippen molar-refractivity contribution in [1.82, 2.24) is 0 Å². The first-order chi connectivity index (χ1) is 14.4. The predicted molar refractivity (Wildman–Crippen MR) is 129 cm³/mol. The van der Waals surface area contributed by atoms with Crippen molar-refractivity contribution >= 4 is 23.3 Å². The lowest BCUT2D eigenvalue weighted by molar-refractivity contribution is 0.355. The van der Waals surface area contributed by atoms with Crippen LogP contribution in [0.25, 0.3) is 23.3 Å². The van der Waals surface area contributed by atoms with Crippen LogP contribution in [0.5, 0.6) is 17.2 Å². The van der Waals surface area contributed by atoms with Gasteiger partial charge >= 0.3 is 0 Å². The normalized spacial score (nSPS) is 11.6. The number of hydrogen-bond donors (Lipinski definition) is 0. The smallest absolute Gasteiger partial charge is 0.161 e. The minimum absolute atomic E-state index is 0.703. The average molecular weight is 407 g/mol. The van der Waals surface area contributed by atoms with E-state index in [1.54, 1.807) is 21.3 Å². The highest BCUT2D eigenvalue weighted by atomic mass is 16.5. The molecule has 0 saturated carbocycles. The Morgan fingerprint density at radius 1 is 0.867 bits per heavy atom. The lowest BCUT2D eigenvalue weighted by atomic mass is 9.92. The Bertz CT molecular complexity index is 965. The van der Waals surface area contributed by atoms with Gasteiger partial charge in [-0.15, -0.1) is 0 Å². The van der Waals surface area contributed by atoms with Gasteiger partial charge in [0.15, 0.2) is 11.5 Å². The van der Waals surface area contributed by atoms with Gasteiger partial charge in [0.2, 0.25) is 0 Å². The molecule has 0 aliphatic rings. The number of hydrogen-bond acceptors (Lipinski definition) is 3. The van der Waals surface area contributed by atoms with Crippen LogP contribution in [0.15, 0.2) is 36.9 Å². The third kappa shape index (κ3) is 5.15. The Kier molecular flexibility index (Phi) is 8.35. The lowest BCUT2D eigenvalue weighted by Gasteiger charge is -2.16. The van der Waals surface area contributed by atoms with Crippen LogP contribution >= 0.6 is 0 Å². The summed E-state index contributed by atoms with van der Waals surface area (Å²) >= 11 is 0. The van der Waals surface area contributed by atoms with Crippen molar-refractivity contribution in [3.63, 3.8) is 0 Å². The molecule has 0 bridgehead atoms. The van der Waals surface area contributed by atoms with Gasteiger partial charge in [-0.3, -0.25) is 0 Å². The van der Waals surface area contributed by atoms with E-state index in [2.05, 4.69) is 50.8 Å². The van der Waals surface area contributed by atoms with Crippen LogP contribution in [0.2, 0.25) is 0 Å². The third-order valence-electron chi connectivity index (χ3n) is 5.13. The first-order valence-corrected chi connectivity index (χ1v) is 10.3. The summed E-state index contributed by atoms with van der Waals surface area (Å²) in [6.45, 7) is 12.5. The van der Waals surface area contributed by atoms with E-state index in [-0.39, 0.29) is 0 Å². The fourth-order valence-corrected chi connectivity index (χ4v) is 3.65. The zero-order valence-electron chi connectivity index (χ0n) is 19.4. The van der Waals surface area contributed by atoms with E-state index in [9.17, 15) is 0 Å². The highest BCUT2D eigenvalue weighted by molar-refractivity contribution is 5.88. The molecule has 0 atom stereocenters. The number of methoxy groups -OCH3 is 3. The van der Waals surface area contributed by atoms with Gasteiger partial charge in [0.05, 0.1) is 21.3 Å². The molecule has 0 amide bonds. The summed E-state index contributed by atoms with van der Waals surface area (Å²) in [5, 5.41) is 0. The van der Waals surface area contributed by atoms with Crippen molar-refractivity contribution in [2.75, 3.05) is 21.3 Å². The zero-order valence-corrected chi connectivity index (χ0v) is 19.4. The SMILES string of the molecule is C=C(C)c1cc(OC)c(OC)cc1/C=C(\C)c1cc(CCC)c(OC)cc1/C=C\C. The topological polar surface area (TPSA) is 27.7 Å². The molecule has 2 aromatic rings. The lowest BCUT2D eigenvalue weighted by Crippen LogP contribution is -1.98. The molecule has 0 N–H and O–H groups in total. The second kappa shape index (κ2) is 10.7. The Morgan fingerprint density at radius 2 is 1.47 bits per heavy atom. The summed E-state index contributed by atoms with van der Waals surface area (Å²) in [4.78, 5) is 0. The quantitative estimate of drug-likeness (QED) is 0.409. The van der Waals surface area contributed by atoms with Crippen molar-refractivity contribution in [3.8, 4) is 17.2 Å². The molecule has 0 radical (unpaired) electrons. The summed E-state index contributed by atoms with van der Waals surface area (Å²) in [6.07, 6.45) is 8.42. The van der Waals surface area contributed by atoms with Crippen molar-refractivity contribution in [2.24, 2.45) is 0 Å². The van der Waals surface area contributed by atoms with Crippen molar-refractivity contribution in [3.05, 3.63) is 64.7 Å². The van der Waals surface area contributed by atoms with E-state index >= 15 is 0 Å². The second-order valence-corrected chi connectivity index (χ2v) is 7.40. The fraction of sp³-hybridized carbons (Fsp3) is 0.333. The zero-order chi connectivity index (χ0) is 22.3. The molecule has 160 valence electrons.